The van der Waals surface area contributed by atoms with Gasteiger partial charge in [-0.25, -0.2) is 4.18 Å². The monoisotopic (exact) mass is 428 g/mol. The predicted octanol–water partition coefficient (Wildman–Crippen LogP) is 2.89. The largest absolute Gasteiger partial charge is 0.448 e. The summed E-state index contributed by atoms with van der Waals surface area (Å²) in [6, 6.07) is 9.35. The van der Waals surface area contributed by atoms with E-state index in [1.54, 1.807) is 25.3 Å². The van der Waals surface area contributed by atoms with Crippen LogP contribution in [0.5, 0.6) is 5.75 Å². The minimum Gasteiger partial charge on any atom is -0.362 e. The molecule has 0 saturated carbocycles. The maximum absolute atomic E-state index is 11.7. The van der Waals surface area contributed by atoms with Crippen LogP contribution in [-0.4, -0.2) is 44.4 Å². The highest BCUT2D eigenvalue weighted by Gasteiger charge is 2.26. The molecule has 0 N–H and O–H groups in total. The number of piperidine rings is 1. The molecule has 158 valence electrons. The summed E-state index contributed by atoms with van der Waals surface area (Å²) in [6.07, 6.45) is 4.93. The van der Waals surface area contributed by atoms with Crippen LogP contribution < -0.4 is 4.18 Å². The molecular weight excluding hydrogens is 404 g/mol. The zero-order chi connectivity index (χ0) is 21.3. The Labute approximate surface area is 176 Å². The van der Waals surface area contributed by atoms with E-state index in [4.69, 9.17) is 9.17 Å². The first-order valence-electron chi connectivity index (χ1n) is 9.93. The van der Waals surface area contributed by atoms with Crippen LogP contribution in [-0.2, 0) is 32.2 Å². The topological polar surface area (TPSA) is 85.8 Å². The van der Waals surface area contributed by atoms with Gasteiger partial charge in [0, 0.05) is 31.8 Å². The molecule has 1 aromatic carbocycles. The molecule has 1 aromatic heterocycles. The number of benzene rings is 1. The molecular formula is C22H24N2O5S. The van der Waals surface area contributed by atoms with Crippen LogP contribution in [0.4, 0.5) is 0 Å². The minimum atomic E-state index is -4.07. The Bertz CT molecular complexity index is 1110. The molecule has 4 rings (SSSR count). The third-order valence-corrected chi connectivity index (χ3v) is 6.51. The number of aromatic nitrogens is 1. The molecule has 2 aromatic rings. The van der Waals surface area contributed by atoms with Crippen LogP contribution in [0.1, 0.15) is 42.1 Å². The molecule has 1 amide bonds. The molecule has 2 aliphatic rings. The van der Waals surface area contributed by atoms with Crippen molar-refractivity contribution in [1.82, 2.24) is 9.88 Å². The van der Waals surface area contributed by atoms with Crippen molar-refractivity contribution in [1.29, 1.82) is 0 Å². The van der Waals surface area contributed by atoms with Crippen molar-refractivity contribution in [2.75, 3.05) is 20.2 Å². The van der Waals surface area contributed by atoms with E-state index in [2.05, 4.69) is 10.2 Å². The smallest absolute Gasteiger partial charge is 0.362 e. The van der Waals surface area contributed by atoms with Crippen molar-refractivity contribution in [3.05, 3.63) is 64.5 Å². The van der Waals surface area contributed by atoms with Gasteiger partial charge >= 0.3 is 10.4 Å². The highest BCUT2D eigenvalue weighted by molar-refractivity contribution is 7.82. The predicted molar refractivity (Wildman–Crippen MR) is 112 cm³/mol. The molecule has 0 unspecified atom stereocenters. The molecule has 0 radical (unpaired) electrons. The van der Waals surface area contributed by atoms with E-state index in [9.17, 15) is 13.2 Å². The van der Waals surface area contributed by atoms with Crippen LogP contribution in [0.25, 0.3) is 5.57 Å². The Kier molecular flexibility index (Phi) is 5.62. The first-order valence-corrected chi connectivity index (χ1v) is 11.3. The SMILES string of the molecule is COS(=O)(=O)Oc1ccc2c(c1)CCc1cccnc1C2=C1CCN(C(C)=O)CC1. The van der Waals surface area contributed by atoms with Crippen molar-refractivity contribution in [3.8, 4) is 5.75 Å². The second-order valence-electron chi connectivity index (χ2n) is 7.47. The third kappa shape index (κ3) is 4.11. The number of nitrogens with zero attached hydrogens (tertiary/aromatic N) is 2. The highest BCUT2D eigenvalue weighted by Crippen LogP contribution is 2.38. The summed E-state index contributed by atoms with van der Waals surface area (Å²) in [5.41, 5.74) is 6.56. The lowest BCUT2D eigenvalue weighted by molar-refractivity contribution is -0.129. The lowest BCUT2D eigenvalue weighted by Crippen LogP contribution is -2.34. The third-order valence-electron chi connectivity index (χ3n) is 5.71. The second kappa shape index (κ2) is 8.20. The van der Waals surface area contributed by atoms with E-state index in [0.29, 0.717) is 13.1 Å². The summed E-state index contributed by atoms with van der Waals surface area (Å²) in [7, 11) is -3.01. The molecule has 8 heteroatoms. The number of carbonyl (C=O) groups excluding carboxylic acids is 1. The van der Waals surface area contributed by atoms with Crippen molar-refractivity contribution in [2.24, 2.45) is 0 Å². The number of carbonyl (C=O) groups is 1. The molecule has 2 heterocycles. The number of likely N-dealkylation sites (tertiary alicyclic amines) is 1. The van der Waals surface area contributed by atoms with Gasteiger partial charge in [-0.2, -0.15) is 8.42 Å². The fourth-order valence-corrected chi connectivity index (χ4v) is 4.59. The minimum absolute atomic E-state index is 0.0972. The van der Waals surface area contributed by atoms with Crippen molar-refractivity contribution in [2.45, 2.75) is 32.6 Å². The van der Waals surface area contributed by atoms with Crippen LogP contribution in [0, 0.1) is 0 Å². The van der Waals surface area contributed by atoms with Gasteiger partial charge in [0.15, 0.2) is 0 Å². The molecule has 30 heavy (non-hydrogen) atoms. The van der Waals surface area contributed by atoms with Crippen LogP contribution >= 0.6 is 0 Å². The van der Waals surface area contributed by atoms with Gasteiger partial charge < -0.3 is 9.08 Å². The molecule has 1 fully saturated rings. The fraction of sp³-hybridized carbons (Fsp3) is 0.364. The van der Waals surface area contributed by atoms with Gasteiger partial charge in [-0.15, -0.1) is 0 Å². The van der Waals surface area contributed by atoms with Gasteiger partial charge in [0.05, 0.1) is 12.8 Å². The molecule has 0 atom stereocenters. The average molecular weight is 429 g/mol. The number of hydrogen-bond donors (Lipinski definition) is 0. The lowest BCUT2D eigenvalue weighted by atomic mass is 9.88. The number of aryl methyl sites for hydroxylation is 2. The van der Waals surface area contributed by atoms with Crippen LogP contribution in [0.3, 0.4) is 0 Å². The van der Waals surface area contributed by atoms with Gasteiger partial charge in [0.2, 0.25) is 5.91 Å². The van der Waals surface area contributed by atoms with E-state index in [1.807, 2.05) is 17.0 Å². The van der Waals surface area contributed by atoms with Crippen LogP contribution in [0.15, 0.2) is 42.1 Å². The van der Waals surface area contributed by atoms with Gasteiger partial charge in [0.25, 0.3) is 0 Å². The first kappa shape index (κ1) is 20.6. The van der Waals surface area contributed by atoms with E-state index in [-0.39, 0.29) is 11.7 Å². The van der Waals surface area contributed by atoms with E-state index in [1.165, 1.54) is 5.57 Å². The number of hydrogen-bond acceptors (Lipinski definition) is 6. The van der Waals surface area contributed by atoms with E-state index >= 15 is 0 Å². The summed E-state index contributed by atoms with van der Waals surface area (Å²) < 4.78 is 32.8. The Hall–Kier alpha value is -2.71. The molecule has 1 aliphatic carbocycles. The molecule has 7 nitrogen and oxygen atoms in total. The normalized spacial score (nSPS) is 16.5. The van der Waals surface area contributed by atoms with E-state index < -0.39 is 10.4 Å². The molecule has 1 aliphatic heterocycles. The van der Waals surface area contributed by atoms with E-state index in [0.717, 1.165) is 60.8 Å². The highest BCUT2D eigenvalue weighted by atomic mass is 32.3. The maximum Gasteiger partial charge on any atom is 0.448 e. The van der Waals surface area contributed by atoms with Gasteiger partial charge in [0.1, 0.15) is 5.75 Å². The average Bonchev–Trinajstić information content (AvgIpc) is 2.90. The first-order chi connectivity index (χ1) is 14.4. The van der Waals surface area contributed by atoms with Crippen molar-refractivity contribution in [3.63, 3.8) is 0 Å². The summed E-state index contributed by atoms with van der Waals surface area (Å²) in [5.74, 6) is 0.324. The summed E-state index contributed by atoms with van der Waals surface area (Å²) in [5, 5.41) is 0. The van der Waals surface area contributed by atoms with Gasteiger partial charge in [-0.3, -0.25) is 9.78 Å². The standard InChI is InChI=1S/C22H24N2O5S/c1-15(25)24-12-9-16(10-13-24)21-20-8-7-19(29-30(26,27)28-2)14-18(20)6-5-17-4-3-11-23-22(17)21/h3-4,7-8,11,14H,5-6,9-10,12-13H2,1-2H3. The number of rotatable bonds is 3. The molecule has 1 saturated heterocycles. The Morgan fingerprint density at radius 1 is 1.07 bits per heavy atom. The maximum atomic E-state index is 11.7. The Morgan fingerprint density at radius 3 is 2.50 bits per heavy atom. The Balaban J connectivity index is 1.80. The van der Waals surface area contributed by atoms with Gasteiger partial charge in [-0.1, -0.05) is 17.7 Å². The van der Waals surface area contributed by atoms with Crippen molar-refractivity contribution < 1.29 is 21.6 Å². The summed E-state index contributed by atoms with van der Waals surface area (Å²) in [6.45, 7) is 2.99. The fourth-order valence-electron chi connectivity index (χ4n) is 4.19. The number of amides is 1. The quantitative estimate of drug-likeness (QED) is 0.747. The zero-order valence-corrected chi connectivity index (χ0v) is 17.9. The van der Waals surface area contributed by atoms with Gasteiger partial charge in [-0.05, 0) is 60.6 Å². The zero-order valence-electron chi connectivity index (χ0n) is 17.1. The van der Waals surface area contributed by atoms with Crippen molar-refractivity contribution >= 4 is 21.9 Å². The number of pyridine rings is 1. The Morgan fingerprint density at radius 2 is 1.80 bits per heavy atom. The molecule has 0 spiro atoms. The lowest BCUT2D eigenvalue weighted by Gasteiger charge is -2.29. The summed E-state index contributed by atoms with van der Waals surface area (Å²) in [4.78, 5) is 18.3. The summed E-state index contributed by atoms with van der Waals surface area (Å²) >= 11 is 0. The number of fused-ring (bicyclic) bond motifs is 2. The van der Waals surface area contributed by atoms with Crippen LogP contribution in [0.2, 0.25) is 0 Å². The molecule has 0 bridgehead atoms. The second-order valence-corrected chi connectivity index (χ2v) is 8.79.